The van der Waals surface area contributed by atoms with Crippen molar-refractivity contribution < 1.29 is 9.59 Å². The van der Waals surface area contributed by atoms with Crippen molar-refractivity contribution in [2.75, 3.05) is 32.7 Å². The Hall–Kier alpha value is -1.36. The van der Waals surface area contributed by atoms with Gasteiger partial charge in [-0.05, 0) is 32.4 Å². The average Bonchev–Trinajstić information content (AvgIpc) is 2.43. The van der Waals surface area contributed by atoms with Crippen LogP contribution >= 0.6 is 0 Å². The highest BCUT2D eigenvalue weighted by molar-refractivity contribution is 5.79. The van der Waals surface area contributed by atoms with Gasteiger partial charge in [0.2, 0.25) is 11.8 Å². The minimum atomic E-state index is 0.0220. The molecule has 1 fully saturated rings. The predicted molar refractivity (Wildman–Crippen MR) is 75.7 cm³/mol. The third-order valence-corrected chi connectivity index (χ3v) is 3.32. The molecule has 19 heavy (non-hydrogen) atoms. The molecule has 0 aromatic carbocycles. The summed E-state index contributed by atoms with van der Waals surface area (Å²) in [4.78, 5) is 25.5. The summed E-state index contributed by atoms with van der Waals surface area (Å²) >= 11 is 0. The molecule has 1 aliphatic heterocycles. The molecule has 0 bridgehead atoms. The van der Waals surface area contributed by atoms with E-state index in [1.807, 2.05) is 6.92 Å². The van der Waals surface area contributed by atoms with Gasteiger partial charge in [-0.3, -0.25) is 14.5 Å². The Balaban J connectivity index is 2.23. The Kier molecular flexibility index (Phi) is 7.18. The summed E-state index contributed by atoms with van der Waals surface area (Å²) < 4.78 is 0. The first-order chi connectivity index (χ1) is 9.17. The number of hydrogen-bond acceptors (Lipinski definition) is 3. The second-order valence-electron chi connectivity index (χ2n) is 4.93. The third-order valence-electron chi connectivity index (χ3n) is 3.32. The predicted octanol–water partition coefficient (Wildman–Crippen LogP) is 0.527. The zero-order chi connectivity index (χ0) is 14.1. The molecule has 1 rings (SSSR count). The first kappa shape index (κ1) is 15.7. The van der Waals surface area contributed by atoms with Crippen LogP contribution in [-0.4, -0.2) is 49.4 Å². The lowest BCUT2D eigenvalue weighted by Gasteiger charge is -2.30. The van der Waals surface area contributed by atoms with Crippen LogP contribution < -0.4 is 10.6 Å². The van der Waals surface area contributed by atoms with Crippen molar-refractivity contribution in [3.05, 3.63) is 12.7 Å². The van der Waals surface area contributed by atoms with Crippen molar-refractivity contribution in [1.29, 1.82) is 0 Å². The Morgan fingerprint density at radius 2 is 2.00 bits per heavy atom. The summed E-state index contributed by atoms with van der Waals surface area (Å²) in [6, 6.07) is 0. The lowest BCUT2D eigenvalue weighted by Crippen LogP contribution is -2.44. The topological polar surface area (TPSA) is 61.4 Å². The SMILES string of the molecule is C=CCNC(=O)CN1CCC(C(=O)NCCC)CC1. The molecule has 1 aliphatic rings. The quantitative estimate of drug-likeness (QED) is 0.661. The Labute approximate surface area is 115 Å². The maximum atomic E-state index is 11.8. The largest absolute Gasteiger partial charge is 0.356 e. The number of carbonyl (C=O) groups excluding carboxylic acids is 2. The van der Waals surface area contributed by atoms with Crippen molar-refractivity contribution >= 4 is 11.8 Å². The number of amides is 2. The molecule has 0 radical (unpaired) electrons. The molecule has 2 N–H and O–H groups in total. The summed E-state index contributed by atoms with van der Waals surface area (Å²) in [6.45, 7) is 8.90. The van der Waals surface area contributed by atoms with E-state index in [0.717, 1.165) is 38.9 Å². The van der Waals surface area contributed by atoms with E-state index < -0.39 is 0 Å². The van der Waals surface area contributed by atoms with E-state index in [9.17, 15) is 9.59 Å². The first-order valence-electron chi connectivity index (χ1n) is 7.05. The van der Waals surface area contributed by atoms with E-state index >= 15 is 0 Å². The molecule has 0 saturated carbocycles. The first-order valence-corrected chi connectivity index (χ1v) is 7.05. The molecule has 2 amide bonds. The van der Waals surface area contributed by atoms with Gasteiger partial charge in [0.05, 0.1) is 6.54 Å². The van der Waals surface area contributed by atoms with Crippen LogP contribution in [0.15, 0.2) is 12.7 Å². The van der Waals surface area contributed by atoms with Gasteiger partial charge in [0.1, 0.15) is 0 Å². The van der Waals surface area contributed by atoms with Crippen LogP contribution in [0.3, 0.4) is 0 Å². The molecule has 108 valence electrons. The van der Waals surface area contributed by atoms with Crippen LogP contribution in [-0.2, 0) is 9.59 Å². The van der Waals surface area contributed by atoms with Gasteiger partial charge in [-0.1, -0.05) is 13.0 Å². The van der Waals surface area contributed by atoms with Gasteiger partial charge in [-0.25, -0.2) is 0 Å². The number of likely N-dealkylation sites (tertiary alicyclic amines) is 1. The molecular weight excluding hydrogens is 242 g/mol. The highest BCUT2D eigenvalue weighted by atomic mass is 16.2. The Bertz CT molecular complexity index is 310. The van der Waals surface area contributed by atoms with E-state index in [0.29, 0.717) is 13.1 Å². The normalized spacial score (nSPS) is 16.9. The van der Waals surface area contributed by atoms with Crippen molar-refractivity contribution in [2.24, 2.45) is 5.92 Å². The molecule has 0 unspecified atom stereocenters. The van der Waals surface area contributed by atoms with Gasteiger partial charge in [0, 0.05) is 19.0 Å². The fourth-order valence-electron chi connectivity index (χ4n) is 2.19. The maximum absolute atomic E-state index is 11.8. The minimum Gasteiger partial charge on any atom is -0.356 e. The molecule has 5 nitrogen and oxygen atoms in total. The molecular formula is C14H25N3O2. The maximum Gasteiger partial charge on any atom is 0.234 e. The molecule has 0 aromatic rings. The van der Waals surface area contributed by atoms with Crippen LogP contribution in [0.5, 0.6) is 0 Å². The molecule has 1 saturated heterocycles. The number of hydrogen-bond donors (Lipinski definition) is 2. The van der Waals surface area contributed by atoms with Gasteiger partial charge in [-0.15, -0.1) is 6.58 Å². The smallest absolute Gasteiger partial charge is 0.234 e. The number of carbonyl (C=O) groups is 2. The summed E-state index contributed by atoms with van der Waals surface area (Å²) in [5, 5.41) is 5.70. The number of rotatable bonds is 7. The van der Waals surface area contributed by atoms with E-state index in [2.05, 4.69) is 22.1 Å². The molecule has 0 aliphatic carbocycles. The van der Waals surface area contributed by atoms with E-state index in [1.54, 1.807) is 6.08 Å². The minimum absolute atomic E-state index is 0.0220. The van der Waals surface area contributed by atoms with Crippen LogP contribution in [0.2, 0.25) is 0 Å². The van der Waals surface area contributed by atoms with Crippen molar-refractivity contribution in [3.8, 4) is 0 Å². The fraction of sp³-hybridized carbons (Fsp3) is 0.714. The lowest BCUT2D eigenvalue weighted by atomic mass is 9.96. The number of nitrogens with zero attached hydrogens (tertiary/aromatic N) is 1. The number of nitrogens with one attached hydrogen (secondary N) is 2. The summed E-state index contributed by atoms with van der Waals surface area (Å²) in [5.74, 6) is 0.297. The van der Waals surface area contributed by atoms with Crippen LogP contribution in [0.1, 0.15) is 26.2 Å². The van der Waals surface area contributed by atoms with E-state index in [1.165, 1.54) is 0 Å². The average molecular weight is 267 g/mol. The Morgan fingerprint density at radius 3 is 2.58 bits per heavy atom. The monoisotopic (exact) mass is 267 g/mol. The summed E-state index contributed by atoms with van der Waals surface area (Å²) in [6.07, 6.45) is 4.31. The van der Waals surface area contributed by atoms with Crippen LogP contribution in [0, 0.1) is 5.92 Å². The zero-order valence-electron chi connectivity index (χ0n) is 11.8. The van der Waals surface area contributed by atoms with Gasteiger partial charge >= 0.3 is 0 Å². The van der Waals surface area contributed by atoms with Crippen molar-refractivity contribution in [3.63, 3.8) is 0 Å². The molecule has 0 spiro atoms. The van der Waals surface area contributed by atoms with Crippen molar-refractivity contribution in [1.82, 2.24) is 15.5 Å². The molecule has 1 heterocycles. The van der Waals surface area contributed by atoms with Crippen molar-refractivity contribution in [2.45, 2.75) is 26.2 Å². The molecule has 5 heteroatoms. The lowest BCUT2D eigenvalue weighted by molar-refractivity contribution is -0.126. The van der Waals surface area contributed by atoms with Gasteiger partial charge in [0.25, 0.3) is 0 Å². The summed E-state index contributed by atoms with van der Waals surface area (Å²) in [5.41, 5.74) is 0. The molecule has 0 aromatic heterocycles. The van der Waals surface area contributed by atoms with E-state index in [-0.39, 0.29) is 17.7 Å². The van der Waals surface area contributed by atoms with Gasteiger partial charge in [-0.2, -0.15) is 0 Å². The third kappa shape index (κ3) is 5.87. The molecule has 0 atom stereocenters. The number of piperidine rings is 1. The van der Waals surface area contributed by atoms with Crippen LogP contribution in [0.4, 0.5) is 0 Å². The standard InChI is InChI=1S/C14H25N3O2/c1-3-7-15-13(18)11-17-9-5-12(6-10-17)14(19)16-8-4-2/h3,12H,1,4-11H2,2H3,(H,15,18)(H,16,19). The highest BCUT2D eigenvalue weighted by Gasteiger charge is 2.25. The highest BCUT2D eigenvalue weighted by Crippen LogP contribution is 2.16. The fourth-order valence-corrected chi connectivity index (χ4v) is 2.19. The van der Waals surface area contributed by atoms with E-state index in [4.69, 9.17) is 0 Å². The van der Waals surface area contributed by atoms with Crippen LogP contribution in [0.25, 0.3) is 0 Å². The second-order valence-corrected chi connectivity index (χ2v) is 4.93. The summed E-state index contributed by atoms with van der Waals surface area (Å²) in [7, 11) is 0. The zero-order valence-corrected chi connectivity index (χ0v) is 11.8. The van der Waals surface area contributed by atoms with Gasteiger partial charge in [0.15, 0.2) is 0 Å². The second kappa shape index (κ2) is 8.69. The van der Waals surface area contributed by atoms with Gasteiger partial charge < -0.3 is 10.6 Å². The Morgan fingerprint density at radius 1 is 1.32 bits per heavy atom.